The Balaban J connectivity index is 1.36. The number of fused-ring (bicyclic) bond motifs is 2. The monoisotopic (exact) mass is 387 g/mol. The molecule has 0 spiro atoms. The average Bonchev–Trinajstić information content (AvgIpc) is 3.17. The molecule has 148 valence electrons. The first-order valence-electron chi connectivity index (χ1n) is 10.0. The van der Waals surface area contributed by atoms with Crippen molar-refractivity contribution in [1.29, 1.82) is 0 Å². The molecule has 0 N–H and O–H groups in total. The van der Waals surface area contributed by atoms with Gasteiger partial charge in [0, 0.05) is 55.6 Å². The van der Waals surface area contributed by atoms with Crippen LogP contribution in [0.4, 0.5) is 11.5 Å². The highest BCUT2D eigenvalue weighted by molar-refractivity contribution is 5.88. The summed E-state index contributed by atoms with van der Waals surface area (Å²) in [5.74, 6) is 0.997. The van der Waals surface area contributed by atoms with Crippen LogP contribution in [0.15, 0.2) is 49.3 Å². The van der Waals surface area contributed by atoms with Crippen molar-refractivity contribution in [2.75, 3.05) is 36.0 Å². The minimum absolute atomic E-state index is 0.0492. The molecule has 0 atom stereocenters. The first kappa shape index (κ1) is 17.8. The summed E-state index contributed by atoms with van der Waals surface area (Å²) in [6, 6.07) is 6.29. The molecule has 0 amide bonds. The Hall–Kier alpha value is -3.22. The molecule has 0 unspecified atom stereocenters. The maximum absolute atomic E-state index is 4.77. The molecule has 5 rings (SSSR count). The molecule has 4 aromatic rings. The minimum atomic E-state index is 0.0492. The number of imidazole rings is 1. The highest BCUT2D eigenvalue weighted by Gasteiger charge is 2.21. The van der Waals surface area contributed by atoms with Crippen LogP contribution in [0, 0.1) is 0 Å². The highest BCUT2D eigenvalue weighted by Crippen LogP contribution is 2.26. The van der Waals surface area contributed by atoms with E-state index >= 15 is 0 Å². The Morgan fingerprint density at radius 2 is 1.69 bits per heavy atom. The lowest BCUT2D eigenvalue weighted by atomic mass is 9.93. The number of anilines is 2. The highest BCUT2D eigenvalue weighted by atomic mass is 15.3. The maximum Gasteiger partial charge on any atom is 0.140 e. The van der Waals surface area contributed by atoms with Crippen molar-refractivity contribution in [3.05, 3.63) is 55.0 Å². The van der Waals surface area contributed by atoms with E-state index in [0.29, 0.717) is 0 Å². The quantitative estimate of drug-likeness (QED) is 0.526. The first-order valence-corrected chi connectivity index (χ1v) is 10.0. The Kier molecular flexibility index (Phi) is 4.12. The number of piperazine rings is 1. The van der Waals surface area contributed by atoms with Gasteiger partial charge in [-0.15, -0.1) is 0 Å². The predicted octanol–water partition coefficient (Wildman–Crippen LogP) is 3.30. The van der Waals surface area contributed by atoms with Crippen molar-refractivity contribution >= 4 is 28.1 Å². The molecule has 1 aliphatic heterocycles. The lowest BCUT2D eigenvalue weighted by Crippen LogP contribution is -2.47. The smallest absolute Gasteiger partial charge is 0.140 e. The lowest BCUT2D eigenvalue weighted by Gasteiger charge is -2.37. The summed E-state index contributed by atoms with van der Waals surface area (Å²) in [5, 5.41) is 1.06. The summed E-state index contributed by atoms with van der Waals surface area (Å²) in [6.07, 6.45) is 9.57. The molecule has 0 radical (unpaired) electrons. The van der Waals surface area contributed by atoms with Crippen LogP contribution < -0.4 is 9.80 Å². The van der Waals surface area contributed by atoms with Gasteiger partial charge in [0.2, 0.25) is 0 Å². The van der Waals surface area contributed by atoms with Crippen molar-refractivity contribution in [1.82, 2.24) is 24.3 Å². The summed E-state index contributed by atoms with van der Waals surface area (Å²) < 4.78 is 2.15. The number of pyridine rings is 2. The summed E-state index contributed by atoms with van der Waals surface area (Å²) in [5.41, 5.74) is 4.28. The van der Waals surface area contributed by atoms with Crippen LogP contribution in [0.5, 0.6) is 0 Å². The number of hydrogen-bond acceptors (Lipinski definition) is 6. The van der Waals surface area contributed by atoms with Gasteiger partial charge in [-0.05, 0) is 18.2 Å². The fraction of sp³-hybridized carbons (Fsp3) is 0.364. The van der Waals surface area contributed by atoms with Crippen molar-refractivity contribution in [2.45, 2.75) is 26.2 Å². The van der Waals surface area contributed by atoms with E-state index in [0.717, 1.165) is 54.2 Å². The van der Waals surface area contributed by atoms with Gasteiger partial charge in [0.15, 0.2) is 0 Å². The van der Waals surface area contributed by atoms with Crippen LogP contribution in [-0.2, 0) is 5.41 Å². The third-order valence-electron chi connectivity index (χ3n) is 5.57. The third-order valence-corrected chi connectivity index (χ3v) is 5.57. The average molecular weight is 387 g/mol. The Morgan fingerprint density at radius 3 is 2.48 bits per heavy atom. The third kappa shape index (κ3) is 3.26. The van der Waals surface area contributed by atoms with Crippen LogP contribution in [0.2, 0.25) is 0 Å². The van der Waals surface area contributed by atoms with E-state index in [1.165, 1.54) is 5.69 Å². The standard InChI is InChI=1S/C22H25N7/c1-22(2,3)19-14-29-13-16(4-5-20(29)26-19)27-8-10-28(11-9-27)21-17-6-7-23-12-18(17)24-15-25-21/h4-7,12-15H,8-11H2,1-3H3. The summed E-state index contributed by atoms with van der Waals surface area (Å²) >= 11 is 0. The Labute approximate surface area is 170 Å². The fourth-order valence-corrected chi connectivity index (χ4v) is 3.85. The van der Waals surface area contributed by atoms with Gasteiger partial charge in [0.25, 0.3) is 0 Å². The molecule has 7 nitrogen and oxygen atoms in total. The number of hydrogen-bond donors (Lipinski definition) is 0. The normalized spacial score (nSPS) is 15.4. The van der Waals surface area contributed by atoms with Crippen LogP contribution in [-0.4, -0.2) is 50.5 Å². The number of aromatic nitrogens is 5. The second-order valence-electron chi connectivity index (χ2n) is 8.59. The molecule has 0 bridgehead atoms. The van der Waals surface area contributed by atoms with Crippen molar-refractivity contribution in [3.63, 3.8) is 0 Å². The fourth-order valence-electron chi connectivity index (χ4n) is 3.85. The first-order chi connectivity index (χ1) is 14.0. The van der Waals surface area contributed by atoms with E-state index in [9.17, 15) is 0 Å². The van der Waals surface area contributed by atoms with Gasteiger partial charge < -0.3 is 14.2 Å². The molecule has 1 aliphatic rings. The van der Waals surface area contributed by atoms with Gasteiger partial charge in [-0.1, -0.05) is 20.8 Å². The van der Waals surface area contributed by atoms with E-state index < -0.39 is 0 Å². The predicted molar refractivity (Wildman–Crippen MR) is 116 cm³/mol. The molecule has 0 aliphatic carbocycles. The van der Waals surface area contributed by atoms with Gasteiger partial charge in [0.05, 0.1) is 23.1 Å². The van der Waals surface area contributed by atoms with Crippen LogP contribution in [0.3, 0.4) is 0 Å². The maximum atomic E-state index is 4.77. The Bertz CT molecular complexity index is 1160. The zero-order valence-electron chi connectivity index (χ0n) is 17.1. The van der Waals surface area contributed by atoms with E-state index in [4.69, 9.17) is 4.98 Å². The van der Waals surface area contributed by atoms with Gasteiger partial charge in [-0.3, -0.25) is 4.98 Å². The van der Waals surface area contributed by atoms with Gasteiger partial charge in [0.1, 0.15) is 17.8 Å². The summed E-state index contributed by atoms with van der Waals surface area (Å²) in [6.45, 7) is 10.3. The van der Waals surface area contributed by atoms with Crippen LogP contribution in [0.25, 0.3) is 16.6 Å². The van der Waals surface area contributed by atoms with Crippen molar-refractivity contribution in [2.24, 2.45) is 0 Å². The molecule has 4 aromatic heterocycles. The van der Waals surface area contributed by atoms with E-state index in [1.807, 2.05) is 6.07 Å². The zero-order chi connectivity index (χ0) is 20.0. The van der Waals surface area contributed by atoms with Crippen LogP contribution in [0.1, 0.15) is 26.5 Å². The SMILES string of the molecule is CC(C)(C)c1cn2cc(N3CCN(c4ncnc5cnccc45)CC3)ccc2n1. The largest absolute Gasteiger partial charge is 0.367 e. The molecule has 0 saturated carbocycles. The van der Waals surface area contributed by atoms with Crippen LogP contribution >= 0.6 is 0 Å². The lowest BCUT2D eigenvalue weighted by molar-refractivity contribution is 0.573. The second-order valence-corrected chi connectivity index (χ2v) is 8.59. The molecule has 7 heteroatoms. The van der Waals surface area contributed by atoms with Crippen molar-refractivity contribution in [3.8, 4) is 0 Å². The van der Waals surface area contributed by atoms with Crippen molar-refractivity contribution < 1.29 is 0 Å². The topological polar surface area (TPSA) is 62.5 Å². The summed E-state index contributed by atoms with van der Waals surface area (Å²) in [4.78, 5) is 22.6. The molecule has 29 heavy (non-hydrogen) atoms. The zero-order valence-corrected chi connectivity index (χ0v) is 17.1. The van der Waals surface area contributed by atoms with Gasteiger partial charge in [-0.25, -0.2) is 15.0 Å². The van der Waals surface area contributed by atoms with E-state index in [2.05, 4.69) is 74.5 Å². The van der Waals surface area contributed by atoms with Gasteiger partial charge in [-0.2, -0.15) is 0 Å². The summed E-state index contributed by atoms with van der Waals surface area (Å²) in [7, 11) is 0. The van der Waals surface area contributed by atoms with E-state index in [1.54, 1.807) is 18.7 Å². The molecular weight excluding hydrogens is 362 g/mol. The molecule has 1 saturated heterocycles. The second kappa shape index (κ2) is 6.69. The molecular formula is C22H25N7. The molecule has 0 aromatic carbocycles. The Morgan fingerprint density at radius 1 is 0.897 bits per heavy atom. The van der Waals surface area contributed by atoms with Gasteiger partial charge >= 0.3 is 0 Å². The molecule has 5 heterocycles. The number of nitrogens with zero attached hydrogens (tertiary/aromatic N) is 7. The van der Waals surface area contributed by atoms with E-state index in [-0.39, 0.29) is 5.41 Å². The molecule has 1 fully saturated rings. The number of rotatable bonds is 2. The minimum Gasteiger partial charge on any atom is -0.367 e.